The Hall–Kier alpha value is -1.92. The molecule has 5 nitrogen and oxygen atoms in total. The van der Waals surface area contributed by atoms with Crippen molar-refractivity contribution in [3.63, 3.8) is 0 Å². The molecule has 1 N–H and O–H groups in total. The van der Waals surface area contributed by atoms with E-state index in [4.69, 9.17) is 17.0 Å². The molecule has 0 radical (unpaired) electrons. The van der Waals surface area contributed by atoms with E-state index >= 15 is 0 Å². The molecule has 1 saturated heterocycles. The lowest BCUT2D eigenvalue weighted by Gasteiger charge is -2.30. The molecule has 3 rings (SSSR count). The maximum absolute atomic E-state index is 5.67. The second-order valence-corrected chi connectivity index (χ2v) is 7.18. The highest BCUT2D eigenvalue weighted by Gasteiger charge is 2.41. The SMILES string of the molecule is COCCn1cccc1[C@H]1[C@@H](c2ccccn2)NC(=S)N1CC(C)C. The molecule has 3 heterocycles. The fraction of sp³-hybridized carbons (Fsp3) is 0.474. The highest BCUT2D eigenvalue weighted by molar-refractivity contribution is 7.80. The Bertz CT molecular complexity index is 700. The van der Waals surface area contributed by atoms with E-state index in [9.17, 15) is 0 Å². The molecule has 0 bridgehead atoms. The first-order valence-corrected chi connectivity index (χ1v) is 9.14. The average molecular weight is 359 g/mol. The molecule has 0 spiro atoms. The van der Waals surface area contributed by atoms with E-state index in [1.54, 1.807) is 7.11 Å². The van der Waals surface area contributed by atoms with Crippen molar-refractivity contribution in [1.82, 2.24) is 19.8 Å². The summed E-state index contributed by atoms with van der Waals surface area (Å²) in [7, 11) is 1.73. The average Bonchev–Trinajstić information content (AvgIpc) is 3.18. The quantitative estimate of drug-likeness (QED) is 0.770. The van der Waals surface area contributed by atoms with Gasteiger partial charge in [-0.15, -0.1) is 0 Å². The first kappa shape index (κ1) is 17.9. The molecule has 6 heteroatoms. The number of methoxy groups -OCH3 is 1. The number of thiocarbonyl (C=S) groups is 1. The number of hydrogen-bond acceptors (Lipinski definition) is 3. The maximum Gasteiger partial charge on any atom is 0.170 e. The lowest BCUT2D eigenvalue weighted by molar-refractivity contribution is 0.183. The molecule has 2 aromatic rings. The molecule has 0 aliphatic carbocycles. The molecule has 1 aliphatic rings. The number of ether oxygens (including phenoxy) is 1. The highest BCUT2D eigenvalue weighted by Crippen LogP contribution is 2.39. The first-order chi connectivity index (χ1) is 12.1. The third kappa shape index (κ3) is 3.85. The number of aromatic nitrogens is 2. The lowest BCUT2D eigenvalue weighted by atomic mass is 10.0. The third-order valence-corrected chi connectivity index (χ3v) is 4.82. The third-order valence-electron chi connectivity index (χ3n) is 4.46. The normalized spacial score (nSPS) is 20.3. The van der Waals surface area contributed by atoms with Gasteiger partial charge in [-0.25, -0.2) is 0 Å². The summed E-state index contributed by atoms with van der Waals surface area (Å²) in [4.78, 5) is 6.88. The molecule has 1 aliphatic heterocycles. The van der Waals surface area contributed by atoms with Crippen LogP contribution in [0.4, 0.5) is 0 Å². The van der Waals surface area contributed by atoms with Crippen molar-refractivity contribution in [1.29, 1.82) is 0 Å². The van der Waals surface area contributed by atoms with Crippen LogP contribution in [0.1, 0.15) is 37.3 Å². The van der Waals surface area contributed by atoms with E-state index in [0.717, 1.165) is 23.9 Å². The summed E-state index contributed by atoms with van der Waals surface area (Å²) in [5.41, 5.74) is 2.25. The van der Waals surface area contributed by atoms with Gasteiger partial charge in [0.05, 0.1) is 24.4 Å². The Kier molecular flexibility index (Phi) is 5.71. The van der Waals surface area contributed by atoms with Gasteiger partial charge in [-0.1, -0.05) is 19.9 Å². The molecule has 1 fully saturated rings. The molecule has 0 unspecified atom stereocenters. The molecular weight excluding hydrogens is 332 g/mol. The van der Waals surface area contributed by atoms with Gasteiger partial charge in [-0.2, -0.15) is 0 Å². The second-order valence-electron chi connectivity index (χ2n) is 6.79. The van der Waals surface area contributed by atoms with Crippen LogP contribution >= 0.6 is 12.2 Å². The number of pyridine rings is 1. The fourth-order valence-electron chi connectivity index (χ4n) is 3.41. The smallest absolute Gasteiger partial charge is 0.170 e. The Morgan fingerprint density at radius 2 is 2.12 bits per heavy atom. The summed E-state index contributed by atoms with van der Waals surface area (Å²) in [5.74, 6) is 0.520. The topological polar surface area (TPSA) is 42.3 Å². The molecular formula is C19H26N4OS. The van der Waals surface area contributed by atoms with E-state index in [1.165, 1.54) is 5.69 Å². The number of hydrogen-bond donors (Lipinski definition) is 1. The van der Waals surface area contributed by atoms with Crippen LogP contribution in [0.3, 0.4) is 0 Å². The van der Waals surface area contributed by atoms with Gasteiger partial charge in [-0.3, -0.25) is 4.98 Å². The van der Waals surface area contributed by atoms with Gasteiger partial charge in [0.1, 0.15) is 0 Å². The summed E-state index contributed by atoms with van der Waals surface area (Å²) >= 11 is 5.67. The van der Waals surface area contributed by atoms with E-state index in [1.807, 2.05) is 18.3 Å². The minimum atomic E-state index is 0.0450. The second kappa shape index (κ2) is 7.97. The molecule has 25 heavy (non-hydrogen) atoms. The minimum absolute atomic E-state index is 0.0450. The highest BCUT2D eigenvalue weighted by atomic mass is 32.1. The van der Waals surface area contributed by atoms with Gasteiger partial charge in [0, 0.05) is 38.3 Å². The fourth-order valence-corrected chi connectivity index (χ4v) is 3.72. The maximum atomic E-state index is 5.67. The van der Waals surface area contributed by atoms with E-state index in [2.05, 4.69) is 58.0 Å². The van der Waals surface area contributed by atoms with Crippen LogP contribution in [0.2, 0.25) is 0 Å². The van der Waals surface area contributed by atoms with Gasteiger partial charge < -0.3 is 19.5 Å². The van der Waals surface area contributed by atoms with Crippen molar-refractivity contribution in [3.05, 3.63) is 54.1 Å². The van der Waals surface area contributed by atoms with Crippen molar-refractivity contribution < 1.29 is 4.74 Å². The monoisotopic (exact) mass is 358 g/mol. The van der Waals surface area contributed by atoms with Gasteiger partial charge in [0.25, 0.3) is 0 Å². The van der Waals surface area contributed by atoms with Gasteiger partial charge >= 0.3 is 0 Å². The predicted octanol–water partition coefficient (Wildman–Crippen LogP) is 3.16. The van der Waals surface area contributed by atoms with Crippen LogP contribution in [-0.2, 0) is 11.3 Å². The van der Waals surface area contributed by atoms with Crippen LogP contribution in [0.25, 0.3) is 0 Å². The summed E-state index contributed by atoms with van der Waals surface area (Å²) in [5, 5.41) is 4.30. The largest absolute Gasteiger partial charge is 0.383 e. The number of nitrogens with zero attached hydrogens (tertiary/aromatic N) is 3. The van der Waals surface area contributed by atoms with Crippen LogP contribution in [-0.4, -0.2) is 39.8 Å². The van der Waals surface area contributed by atoms with E-state index < -0.39 is 0 Å². The molecule has 2 aromatic heterocycles. The van der Waals surface area contributed by atoms with Crippen LogP contribution in [0, 0.1) is 5.92 Å². The zero-order chi connectivity index (χ0) is 17.8. The Balaban J connectivity index is 1.99. The number of rotatable bonds is 7. The van der Waals surface area contributed by atoms with Gasteiger partial charge in [0.2, 0.25) is 0 Å². The van der Waals surface area contributed by atoms with Crippen molar-refractivity contribution in [2.45, 2.75) is 32.5 Å². The summed E-state index contributed by atoms with van der Waals surface area (Å²) < 4.78 is 7.53. The molecule has 134 valence electrons. The first-order valence-electron chi connectivity index (χ1n) is 8.74. The van der Waals surface area contributed by atoms with Crippen molar-refractivity contribution >= 4 is 17.3 Å². The lowest BCUT2D eigenvalue weighted by Crippen LogP contribution is -2.33. The molecule has 2 atom stereocenters. The number of nitrogens with one attached hydrogen (secondary N) is 1. The van der Waals surface area contributed by atoms with Crippen LogP contribution in [0.5, 0.6) is 0 Å². The van der Waals surface area contributed by atoms with Crippen molar-refractivity contribution in [2.75, 3.05) is 20.3 Å². The molecule has 0 aromatic carbocycles. The van der Waals surface area contributed by atoms with Crippen LogP contribution < -0.4 is 5.32 Å². The summed E-state index contributed by atoms with van der Waals surface area (Å²) in [6, 6.07) is 10.5. The zero-order valence-electron chi connectivity index (χ0n) is 15.1. The standard InChI is InChI=1S/C19H26N4OS/c1-14(2)13-23-18(16-8-6-10-22(16)11-12-24-3)17(21-19(23)25)15-7-4-5-9-20-15/h4-10,14,17-18H,11-13H2,1-3H3,(H,21,25)/t17-,18+/m1/s1. The van der Waals surface area contributed by atoms with Gasteiger partial charge in [-0.05, 0) is 42.4 Å². The Morgan fingerprint density at radius 1 is 1.28 bits per heavy atom. The van der Waals surface area contributed by atoms with Gasteiger partial charge in [0.15, 0.2) is 5.11 Å². The summed E-state index contributed by atoms with van der Waals surface area (Å²) in [6.07, 6.45) is 3.95. The van der Waals surface area contributed by atoms with E-state index in [0.29, 0.717) is 12.5 Å². The van der Waals surface area contributed by atoms with Crippen molar-refractivity contribution in [2.24, 2.45) is 5.92 Å². The van der Waals surface area contributed by atoms with Crippen LogP contribution in [0.15, 0.2) is 42.7 Å². The Labute approximate surface area is 155 Å². The molecule has 0 saturated carbocycles. The zero-order valence-corrected chi connectivity index (χ0v) is 15.9. The van der Waals surface area contributed by atoms with E-state index in [-0.39, 0.29) is 12.1 Å². The predicted molar refractivity (Wildman–Crippen MR) is 103 cm³/mol. The van der Waals surface area contributed by atoms with Crippen molar-refractivity contribution in [3.8, 4) is 0 Å². The Morgan fingerprint density at radius 3 is 2.80 bits per heavy atom. The minimum Gasteiger partial charge on any atom is -0.383 e. The molecule has 0 amide bonds. The summed E-state index contributed by atoms with van der Waals surface area (Å²) in [6.45, 7) is 6.86.